The Bertz CT molecular complexity index is 1260. The van der Waals surface area contributed by atoms with Crippen molar-refractivity contribution in [3.8, 4) is 17.2 Å². The molecule has 3 aromatic rings. The quantitative estimate of drug-likeness (QED) is 0.356. The molecule has 1 fully saturated rings. The van der Waals surface area contributed by atoms with Crippen molar-refractivity contribution in [1.29, 1.82) is 0 Å². The van der Waals surface area contributed by atoms with Gasteiger partial charge in [0.05, 0.1) is 12.0 Å². The van der Waals surface area contributed by atoms with Crippen molar-refractivity contribution >= 4 is 40.5 Å². The Morgan fingerprint density at radius 3 is 2.44 bits per heavy atom. The van der Waals surface area contributed by atoms with Crippen LogP contribution in [0.5, 0.6) is 17.2 Å². The van der Waals surface area contributed by atoms with E-state index in [0.29, 0.717) is 24.2 Å². The molecule has 0 radical (unpaired) electrons. The third-order valence-corrected chi connectivity index (χ3v) is 5.51. The Hall–Kier alpha value is -4.11. The van der Waals surface area contributed by atoms with Crippen LogP contribution < -0.4 is 19.7 Å². The van der Waals surface area contributed by atoms with Crippen LogP contribution in [0.15, 0.2) is 60.7 Å². The topological polar surface area (TPSA) is 111 Å². The minimum atomic E-state index is -0.597. The van der Waals surface area contributed by atoms with Gasteiger partial charge in [0.15, 0.2) is 11.5 Å². The number of nitrogens with zero attached hydrogens (tertiary/aromatic N) is 2. The molecular weight excluding hydrogens is 462 g/mol. The number of carbonyl (C=O) groups is 2. The molecular formula is C24H20ClN3O6. The third-order valence-electron chi connectivity index (χ3n) is 5.27. The third kappa shape index (κ3) is 4.94. The van der Waals surface area contributed by atoms with Crippen LogP contribution in [0.4, 0.5) is 17.1 Å². The molecule has 1 heterocycles. The van der Waals surface area contributed by atoms with Crippen LogP contribution in [0.2, 0.25) is 5.02 Å². The Balaban J connectivity index is 1.49. The maximum atomic E-state index is 12.7. The Kier molecular flexibility index (Phi) is 6.65. The first-order chi connectivity index (χ1) is 16.4. The molecule has 1 N–H and O–H groups in total. The molecule has 174 valence electrons. The molecule has 0 aliphatic carbocycles. The van der Waals surface area contributed by atoms with Gasteiger partial charge in [0, 0.05) is 41.0 Å². The van der Waals surface area contributed by atoms with Gasteiger partial charge < -0.3 is 19.7 Å². The summed E-state index contributed by atoms with van der Waals surface area (Å²) in [5, 5.41) is 14.3. The maximum Gasteiger partial charge on any atom is 0.313 e. The number of nitro benzene ring substituents is 1. The summed E-state index contributed by atoms with van der Waals surface area (Å²) < 4.78 is 11.0. The number of benzene rings is 3. The molecule has 9 nitrogen and oxygen atoms in total. The minimum Gasteiger partial charge on any atom is -0.493 e. The standard InChI is InChI=1S/C24H20ClN3O6/c1-33-22-13-15(4-10-21(22)34-20-11-5-16(25)14-19(20)28(31)32)24(30)26-17-6-8-18(9-7-17)27-12-2-3-23(27)29/h4-11,13-14H,2-3,12H2,1H3,(H,26,30). The first kappa shape index (κ1) is 23.1. The molecule has 0 atom stereocenters. The summed E-state index contributed by atoms with van der Waals surface area (Å²) >= 11 is 5.85. The van der Waals surface area contributed by atoms with Crippen molar-refractivity contribution in [3.63, 3.8) is 0 Å². The van der Waals surface area contributed by atoms with Crippen LogP contribution >= 0.6 is 11.6 Å². The van der Waals surface area contributed by atoms with Gasteiger partial charge in [-0.2, -0.15) is 0 Å². The second-order valence-corrected chi connectivity index (χ2v) is 7.92. The van der Waals surface area contributed by atoms with Crippen LogP contribution in [-0.2, 0) is 4.79 Å². The first-order valence-electron chi connectivity index (χ1n) is 10.4. The zero-order valence-electron chi connectivity index (χ0n) is 18.1. The fraction of sp³-hybridized carbons (Fsp3) is 0.167. The fourth-order valence-corrected chi connectivity index (χ4v) is 3.75. The zero-order valence-corrected chi connectivity index (χ0v) is 18.9. The number of anilines is 2. The monoisotopic (exact) mass is 481 g/mol. The molecule has 0 spiro atoms. The summed E-state index contributed by atoms with van der Waals surface area (Å²) in [4.78, 5) is 37.1. The lowest BCUT2D eigenvalue weighted by atomic mass is 10.1. The van der Waals surface area contributed by atoms with Crippen molar-refractivity contribution in [1.82, 2.24) is 0 Å². The van der Waals surface area contributed by atoms with E-state index in [0.717, 1.165) is 12.1 Å². The average molecular weight is 482 g/mol. The van der Waals surface area contributed by atoms with Crippen LogP contribution in [0.25, 0.3) is 0 Å². The van der Waals surface area contributed by atoms with Crippen molar-refractivity contribution in [2.24, 2.45) is 0 Å². The van der Waals surface area contributed by atoms with E-state index < -0.39 is 4.92 Å². The molecule has 0 saturated carbocycles. The predicted molar refractivity (Wildman–Crippen MR) is 127 cm³/mol. The number of amides is 2. The van der Waals surface area contributed by atoms with Crippen molar-refractivity contribution in [2.75, 3.05) is 23.9 Å². The highest BCUT2D eigenvalue weighted by atomic mass is 35.5. The number of hydrogen-bond donors (Lipinski definition) is 1. The highest BCUT2D eigenvalue weighted by molar-refractivity contribution is 6.30. The number of nitrogens with one attached hydrogen (secondary N) is 1. The van der Waals surface area contributed by atoms with E-state index in [9.17, 15) is 19.7 Å². The Labute approximate surface area is 200 Å². The molecule has 1 aliphatic heterocycles. The molecule has 34 heavy (non-hydrogen) atoms. The summed E-state index contributed by atoms with van der Waals surface area (Å²) in [5.41, 5.74) is 1.36. The van der Waals surface area contributed by atoms with Gasteiger partial charge in [0.1, 0.15) is 0 Å². The van der Waals surface area contributed by atoms with Crippen LogP contribution in [0, 0.1) is 10.1 Å². The maximum absolute atomic E-state index is 12.7. The average Bonchev–Trinajstić information content (AvgIpc) is 3.26. The fourth-order valence-electron chi connectivity index (χ4n) is 3.58. The molecule has 0 bridgehead atoms. The molecule has 10 heteroatoms. The minimum absolute atomic E-state index is 0.0125. The van der Waals surface area contributed by atoms with E-state index in [-0.39, 0.29) is 39.8 Å². The number of methoxy groups -OCH3 is 1. The Morgan fingerprint density at radius 2 is 1.79 bits per heavy atom. The number of ether oxygens (including phenoxy) is 2. The van der Waals surface area contributed by atoms with Gasteiger partial charge in [-0.3, -0.25) is 19.7 Å². The summed E-state index contributed by atoms with van der Waals surface area (Å²) in [6.07, 6.45) is 1.38. The summed E-state index contributed by atoms with van der Waals surface area (Å²) in [6.45, 7) is 0.692. The summed E-state index contributed by atoms with van der Waals surface area (Å²) in [6, 6.07) is 15.6. The van der Waals surface area contributed by atoms with Crippen molar-refractivity contribution in [2.45, 2.75) is 12.8 Å². The highest BCUT2D eigenvalue weighted by Crippen LogP contribution is 2.38. The van der Waals surface area contributed by atoms with Crippen LogP contribution in [-0.4, -0.2) is 30.4 Å². The van der Waals surface area contributed by atoms with Gasteiger partial charge in [-0.05, 0) is 61.0 Å². The molecule has 0 unspecified atom stereocenters. The van der Waals surface area contributed by atoms with Crippen molar-refractivity contribution < 1.29 is 24.0 Å². The summed E-state index contributed by atoms with van der Waals surface area (Å²) in [7, 11) is 1.40. The smallest absolute Gasteiger partial charge is 0.313 e. The lowest BCUT2D eigenvalue weighted by Crippen LogP contribution is -2.23. The number of halogens is 1. The lowest BCUT2D eigenvalue weighted by molar-refractivity contribution is -0.385. The first-order valence-corrected chi connectivity index (χ1v) is 10.7. The number of rotatable bonds is 7. The highest BCUT2D eigenvalue weighted by Gasteiger charge is 2.22. The predicted octanol–water partition coefficient (Wildman–Crippen LogP) is 5.43. The summed E-state index contributed by atoms with van der Waals surface area (Å²) in [5.74, 6) is 0.118. The van der Waals surface area contributed by atoms with Gasteiger partial charge in [-0.15, -0.1) is 0 Å². The largest absolute Gasteiger partial charge is 0.493 e. The van der Waals surface area contributed by atoms with E-state index >= 15 is 0 Å². The van der Waals surface area contributed by atoms with Crippen LogP contribution in [0.3, 0.4) is 0 Å². The molecule has 2 amide bonds. The van der Waals surface area contributed by atoms with Gasteiger partial charge in [0.2, 0.25) is 11.7 Å². The number of hydrogen-bond acceptors (Lipinski definition) is 6. The van der Waals surface area contributed by atoms with E-state index in [2.05, 4.69) is 5.32 Å². The SMILES string of the molecule is COc1cc(C(=O)Nc2ccc(N3CCCC3=O)cc2)ccc1Oc1ccc(Cl)cc1[N+](=O)[O-]. The lowest BCUT2D eigenvalue weighted by Gasteiger charge is -2.16. The molecule has 1 aliphatic rings. The number of carbonyl (C=O) groups excluding carboxylic acids is 2. The van der Waals surface area contributed by atoms with Gasteiger partial charge >= 0.3 is 5.69 Å². The number of nitro groups is 1. The Morgan fingerprint density at radius 1 is 1.06 bits per heavy atom. The molecule has 1 saturated heterocycles. The van der Waals surface area contributed by atoms with E-state index in [4.69, 9.17) is 21.1 Å². The molecule has 3 aromatic carbocycles. The van der Waals surface area contributed by atoms with E-state index in [1.54, 1.807) is 29.2 Å². The zero-order chi connectivity index (χ0) is 24.2. The van der Waals surface area contributed by atoms with E-state index in [1.165, 1.54) is 43.5 Å². The van der Waals surface area contributed by atoms with Gasteiger partial charge in [0.25, 0.3) is 5.91 Å². The molecule has 0 aromatic heterocycles. The van der Waals surface area contributed by atoms with Gasteiger partial charge in [-0.1, -0.05) is 11.6 Å². The second-order valence-electron chi connectivity index (χ2n) is 7.49. The van der Waals surface area contributed by atoms with Gasteiger partial charge in [-0.25, -0.2) is 0 Å². The normalized spacial score (nSPS) is 13.0. The second kappa shape index (κ2) is 9.80. The van der Waals surface area contributed by atoms with Crippen LogP contribution in [0.1, 0.15) is 23.2 Å². The molecule has 4 rings (SSSR count). The van der Waals surface area contributed by atoms with E-state index in [1.807, 2.05) is 0 Å². The van der Waals surface area contributed by atoms with Crippen molar-refractivity contribution in [3.05, 3.63) is 81.4 Å².